The van der Waals surface area contributed by atoms with Crippen LogP contribution in [0.5, 0.6) is 5.75 Å². The maximum absolute atomic E-state index is 12.0. The number of rotatable bonds is 9. The third-order valence-corrected chi connectivity index (χ3v) is 3.94. The smallest absolute Gasteiger partial charge is 0.387 e. The molecule has 3 N–H and O–H groups in total. The number of hydrogen-bond acceptors (Lipinski definition) is 3. The number of nitrogens with two attached hydrogens (primary N) is 1. The van der Waals surface area contributed by atoms with Crippen molar-refractivity contribution in [3.63, 3.8) is 0 Å². The highest BCUT2D eigenvalue weighted by atomic mass is 19.3. The van der Waals surface area contributed by atoms with Crippen molar-refractivity contribution in [2.24, 2.45) is 5.73 Å². The number of ether oxygens (including phenoxy) is 1. The molecule has 1 aromatic rings. The van der Waals surface area contributed by atoms with E-state index in [-0.39, 0.29) is 17.2 Å². The van der Waals surface area contributed by atoms with Crippen molar-refractivity contribution in [1.29, 1.82) is 0 Å². The van der Waals surface area contributed by atoms with Crippen LogP contribution in [-0.4, -0.2) is 24.6 Å². The Hall–Kier alpha value is -1.69. The number of benzene rings is 1. The van der Waals surface area contributed by atoms with Crippen molar-refractivity contribution in [3.05, 3.63) is 29.8 Å². The molecule has 0 aromatic heterocycles. The maximum atomic E-state index is 12.0. The number of amides is 1. The van der Waals surface area contributed by atoms with Crippen LogP contribution in [0.3, 0.4) is 0 Å². The summed E-state index contributed by atoms with van der Waals surface area (Å²) in [6.45, 7) is 1.58. The number of carbonyl (C=O) groups excluding carboxylic acids is 1. The molecule has 1 amide bonds. The lowest BCUT2D eigenvalue weighted by molar-refractivity contribution is -0.123. The molecule has 124 valence electrons. The Bertz CT molecular complexity index is 451. The van der Waals surface area contributed by atoms with Crippen LogP contribution < -0.4 is 15.8 Å². The van der Waals surface area contributed by atoms with Gasteiger partial charge in [-0.15, -0.1) is 0 Å². The molecule has 0 radical (unpaired) electrons. The molecule has 1 rings (SSSR count). The standard InChI is InChI=1S/C16H24F2N2O2/c1-3-16(4-2,11-19)20-14(21)10-7-12-5-8-13(9-6-12)22-15(17)18/h5-6,8-9,15H,3-4,7,10-11,19H2,1-2H3,(H,20,21). The number of nitrogens with one attached hydrogen (secondary N) is 1. The summed E-state index contributed by atoms with van der Waals surface area (Å²) in [7, 11) is 0. The van der Waals surface area contributed by atoms with E-state index in [2.05, 4.69) is 10.1 Å². The SMILES string of the molecule is CCC(CC)(CN)NC(=O)CCc1ccc(OC(F)F)cc1. The van der Waals surface area contributed by atoms with Crippen LogP contribution in [0.25, 0.3) is 0 Å². The number of hydrogen-bond donors (Lipinski definition) is 2. The molecular formula is C16H24F2N2O2. The minimum Gasteiger partial charge on any atom is -0.435 e. The monoisotopic (exact) mass is 314 g/mol. The van der Waals surface area contributed by atoms with Crippen molar-refractivity contribution in [3.8, 4) is 5.75 Å². The maximum Gasteiger partial charge on any atom is 0.387 e. The Labute approximate surface area is 130 Å². The Morgan fingerprint density at radius 3 is 2.32 bits per heavy atom. The predicted octanol–water partition coefficient (Wildman–Crippen LogP) is 2.85. The molecule has 0 saturated carbocycles. The highest BCUT2D eigenvalue weighted by Crippen LogP contribution is 2.17. The Balaban J connectivity index is 2.50. The van der Waals surface area contributed by atoms with Crippen molar-refractivity contribution in [2.75, 3.05) is 6.54 Å². The largest absolute Gasteiger partial charge is 0.435 e. The van der Waals surface area contributed by atoms with E-state index in [1.807, 2.05) is 13.8 Å². The van der Waals surface area contributed by atoms with Gasteiger partial charge < -0.3 is 15.8 Å². The normalized spacial score (nSPS) is 11.5. The van der Waals surface area contributed by atoms with Crippen LogP contribution in [0.2, 0.25) is 0 Å². The third kappa shape index (κ3) is 5.60. The summed E-state index contributed by atoms with van der Waals surface area (Å²) in [5, 5.41) is 3.00. The summed E-state index contributed by atoms with van der Waals surface area (Å²) in [4.78, 5) is 12.0. The fourth-order valence-corrected chi connectivity index (χ4v) is 2.22. The van der Waals surface area contributed by atoms with E-state index in [1.165, 1.54) is 12.1 Å². The van der Waals surface area contributed by atoms with Crippen LogP contribution in [-0.2, 0) is 11.2 Å². The van der Waals surface area contributed by atoms with Crippen LogP contribution in [0.15, 0.2) is 24.3 Å². The van der Waals surface area contributed by atoms with E-state index in [0.717, 1.165) is 18.4 Å². The molecule has 0 atom stereocenters. The first-order valence-electron chi connectivity index (χ1n) is 7.49. The Morgan fingerprint density at radius 2 is 1.86 bits per heavy atom. The van der Waals surface area contributed by atoms with Gasteiger partial charge in [-0.25, -0.2) is 0 Å². The summed E-state index contributed by atoms with van der Waals surface area (Å²) in [6, 6.07) is 6.31. The summed E-state index contributed by atoms with van der Waals surface area (Å²) in [5.74, 6) is 0.0596. The van der Waals surface area contributed by atoms with E-state index in [0.29, 0.717) is 19.4 Å². The molecule has 0 aliphatic heterocycles. The predicted molar refractivity (Wildman–Crippen MR) is 81.9 cm³/mol. The summed E-state index contributed by atoms with van der Waals surface area (Å²) >= 11 is 0. The van der Waals surface area contributed by atoms with E-state index in [4.69, 9.17) is 5.73 Å². The van der Waals surface area contributed by atoms with Gasteiger partial charge in [0.2, 0.25) is 5.91 Å². The fourth-order valence-electron chi connectivity index (χ4n) is 2.22. The molecule has 0 heterocycles. The van der Waals surface area contributed by atoms with Crippen LogP contribution >= 0.6 is 0 Å². The number of carbonyl (C=O) groups is 1. The van der Waals surface area contributed by atoms with Crippen LogP contribution in [0.4, 0.5) is 8.78 Å². The highest BCUT2D eigenvalue weighted by Gasteiger charge is 2.25. The van der Waals surface area contributed by atoms with Gasteiger partial charge >= 0.3 is 6.61 Å². The number of halogens is 2. The molecular weight excluding hydrogens is 290 g/mol. The fraction of sp³-hybridized carbons (Fsp3) is 0.562. The minimum absolute atomic E-state index is 0.0537. The molecule has 0 aliphatic rings. The average Bonchev–Trinajstić information content (AvgIpc) is 2.51. The van der Waals surface area contributed by atoms with Gasteiger partial charge in [-0.2, -0.15) is 8.78 Å². The van der Waals surface area contributed by atoms with E-state index in [9.17, 15) is 13.6 Å². The van der Waals surface area contributed by atoms with Crippen LogP contribution in [0.1, 0.15) is 38.7 Å². The second-order valence-corrected chi connectivity index (χ2v) is 5.26. The zero-order valence-electron chi connectivity index (χ0n) is 13.1. The number of aryl methyl sites for hydroxylation is 1. The van der Waals surface area contributed by atoms with E-state index < -0.39 is 6.61 Å². The average molecular weight is 314 g/mol. The molecule has 1 aromatic carbocycles. The molecule has 0 saturated heterocycles. The van der Waals surface area contributed by atoms with Crippen LogP contribution in [0, 0.1) is 0 Å². The van der Waals surface area contributed by atoms with Crippen molar-refractivity contribution in [2.45, 2.75) is 51.7 Å². The van der Waals surface area contributed by atoms with Crippen molar-refractivity contribution >= 4 is 5.91 Å². The first kappa shape index (κ1) is 18.4. The second-order valence-electron chi connectivity index (χ2n) is 5.26. The molecule has 0 fully saturated rings. The second kappa shape index (κ2) is 8.68. The minimum atomic E-state index is -2.83. The first-order chi connectivity index (χ1) is 10.4. The van der Waals surface area contributed by atoms with E-state index >= 15 is 0 Å². The molecule has 0 unspecified atom stereocenters. The van der Waals surface area contributed by atoms with Gasteiger partial charge in [-0.3, -0.25) is 4.79 Å². The quantitative estimate of drug-likeness (QED) is 0.736. The molecule has 0 aliphatic carbocycles. The molecule has 22 heavy (non-hydrogen) atoms. The molecule has 4 nitrogen and oxygen atoms in total. The molecule has 6 heteroatoms. The van der Waals surface area contributed by atoms with Crippen molar-refractivity contribution in [1.82, 2.24) is 5.32 Å². The van der Waals surface area contributed by atoms with Gasteiger partial charge in [0.15, 0.2) is 0 Å². The van der Waals surface area contributed by atoms with Gasteiger partial charge in [0.25, 0.3) is 0 Å². The van der Waals surface area contributed by atoms with E-state index in [1.54, 1.807) is 12.1 Å². The zero-order valence-corrected chi connectivity index (χ0v) is 13.1. The zero-order chi connectivity index (χ0) is 16.6. The summed E-state index contributed by atoms with van der Waals surface area (Å²) in [5.41, 5.74) is 6.30. The topological polar surface area (TPSA) is 64.3 Å². The van der Waals surface area contributed by atoms with Crippen molar-refractivity contribution < 1.29 is 18.3 Å². The van der Waals surface area contributed by atoms with Gasteiger partial charge in [-0.05, 0) is 37.0 Å². The summed E-state index contributed by atoms with van der Waals surface area (Å²) < 4.78 is 28.4. The van der Waals surface area contributed by atoms with Gasteiger partial charge in [-0.1, -0.05) is 26.0 Å². The Kier molecular flexibility index (Phi) is 7.24. The summed E-state index contributed by atoms with van der Waals surface area (Å²) in [6.07, 6.45) is 2.43. The lowest BCUT2D eigenvalue weighted by atomic mass is 9.92. The third-order valence-electron chi connectivity index (χ3n) is 3.94. The molecule has 0 bridgehead atoms. The van der Waals surface area contributed by atoms with Gasteiger partial charge in [0.05, 0.1) is 5.54 Å². The lowest BCUT2D eigenvalue weighted by Gasteiger charge is -2.31. The molecule has 0 spiro atoms. The lowest BCUT2D eigenvalue weighted by Crippen LogP contribution is -2.52. The first-order valence-corrected chi connectivity index (χ1v) is 7.49. The highest BCUT2D eigenvalue weighted by molar-refractivity contribution is 5.77. The van der Waals surface area contributed by atoms with Gasteiger partial charge in [0.1, 0.15) is 5.75 Å². The van der Waals surface area contributed by atoms with Gasteiger partial charge in [0, 0.05) is 13.0 Å². The number of alkyl halides is 2. The Morgan fingerprint density at radius 1 is 1.27 bits per heavy atom.